The minimum absolute atomic E-state index is 0.0515. The lowest BCUT2D eigenvalue weighted by Gasteiger charge is -2.37. The highest BCUT2D eigenvalue weighted by atomic mass is 16.1. The van der Waals surface area contributed by atoms with Gasteiger partial charge in [0.25, 0.3) is 0 Å². The molecule has 1 nitrogen and oxygen atoms in total. The molecule has 0 bridgehead atoms. The maximum atomic E-state index is 11.4. The van der Waals surface area contributed by atoms with Crippen molar-refractivity contribution in [2.45, 2.75) is 77.6 Å². The summed E-state index contributed by atoms with van der Waals surface area (Å²) in [6.07, 6.45) is 20.4. The average Bonchev–Trinajstić information content (AvgIpc) is 2.79. The number of carbonyl (C=O) groups is 1. The van der Waals surface area contributed by atoms with Crippen LogP contribution in [-0.2, 0) is 11.2 Å². The first-order valence-electron chi connectivity index (χ1n) is 12.1. The van der Waals surface area contributed by atoms with Gasteiger partial charge in [0.1, 0.15) is 0 Å². The summed E-state index contributed by atoms with van der Waals surface area (Å²) >= 11 is 0. The van der Waals surface area contributed by atoms with E-state index >= 15 is 0 Å². The summed E-state index contributed by atoms with van der Waals surface area (Å²) in [6.45, 7) is 5.85. The van der Waals surface area contributed by atoms with Gasteiger partial charge in [0.15, 0.2) is 5.78 Å². The molecule has 2 fully saturated rings. The van der Waals surface area contributed by atoms with Crippen molar-refractivity contribution in [1.29, 1.82) is 0 Å². The van der Waals surface area contributed by atoms with Crippen molar-refractivity contribution in [2.24, 2.45) is 23.7 Å². The summed E-state index contributed by atoms with van der Waals surface area (Å²) in [6, 6.07) is 7.94. The fourth-order valence-corrected chi connectivity index (χ4v) is 5.45. The molecule has 0 heterocycles. The van der Waals surface area contributed by atoms with Gasteiger partial charge in [-0.1, -0.05) is 69.2 Å². The molecule has 0 radical (unpaired) electrons. The molecular weight excluding hydrogens is 364 g/mol. The van der Waals surface area contributed by atoms with Crippen molar-refractivity contribution >= 4 is 5.78 Å². The van der Waals surface area contributed by atoms with E-state index in [4.69, 9.17) is 0 Å². The molecule has 0 aromatic heterocycles. The zero-order valence-electron chi connectivity index (χ0n) is 18.7. The predicted molar refractivity (Wildman–Crippen MR) is 127 cm³/mol. The Labute approximate surface area is 184 Å². The monoisotopic (exact) mass is 402 g/mol. The van der Waals surface area contributed by atoms with E-state index in [2.05, 4.69) is 37.5 Å². The summed E-state index contributed by atoms with van der Waals surface area (Å²) in [4.78, 5) is 11.4. The summed E-state index contributed by atoms with van der Waals surface area (Å²) in [5, 5.41) is 0. The Morgan fingerprint density at radius 3 is 2.23 bits per heavy atom. The van der Waals surface area contributed by atoms with E-state index in [1.165, 1.54) is 70.3 Å². The van der Waals surface area contributed by atoms with Crippen LogP contribution in [0.4, 0.5) is 0 Å². The van der Waals surface area contributed by atoms with Gasteiger partial charge in [-0.2, -0.15) is 0 Å². The largest absolute Gasteiger partial charge is 0.295 e. The van der Waals surface area contributed by atoms with Crippen LogP contribution in [0.25, 0.3) is 0 Å². The van der Waals surface area contributed by atoms with Crippen LogP contribution in [0.2, 0.25) is 0 Å². The number of hydrogen-bond acceptors (Lipinski definition) is 1. The molecular formula is C29H38O. The molecule has 0 N–H and O–H groups in total. The van der Waals surface area contributed by atoms with Crippen LogP contribution < -0.4 is 0 Å². The molecule has 160 valence electrons. The molecule has 2 aliphatic rings. The third kappa shape index (κ3) is 7.02. The molecule has 1 aromatic carbocycles. The molecule has 1 heteroatoms. The molecule has 30 heavy (non-hydrogen) atoms. The Morgan fingerprint density at radius 1 is 1.00 bits per heavy atom. The van der Waals surface area contributed by atoms with Crippen LogP contribution >= 0.6 is 0 Å². The van der Waals surface area contributed by atoms with Crippen LogP contribution in [0.3, 0.4) is 0 Å². The maximum absolute atomic E-state index is 11.4. The molecule has 0 atom stereocenters. The topological polar surface area (TPSA) is 17.1 Å². The summed E-state index contributed by atoms with van der Waals surface area (Å²) in [7, 11) is 0. The van der Waals surface area contributed by atoms with Crippen molar-refractivity contribution in [3.8, 4) is 11.8 Å². The summed E-state index contributed by atoms with van der Waals surface area (Å²) < 4.78 is 0. The molecule has 0 amide bonds. The molecule has 3 rings (SSSR count). The number of hydrogen-bond donors (Lipinski definition) is 0. The van der Waals surface area contributed by atoms with Crippen molar-refractivity contribution < 1.29 is 4.79 Å². The van der Waals surface area contributed by atoms with Crippen LogP contribution in [0.1, 0.15) is 82.3 Å². The van der Waals surface area contributed by atoms with Gasteiger partial charge in [-0.15, -0.1) is 0 Å². The molecule has 2 aliphatic carbocycles. The van der Waals surface area contributed by atoms with E-state index in [0.717, 1.165) is 28.9 Å². The summed E-state index contributed by atoms with van der Waals surface area (Å²) in [5.41, 5.74) is 2.01. The molecule has 0 spiro atoms. The van der Waals surface area contributed by atoms with Gasteiger partial charge < -0.3 is 0 Å². The second kappa shape index (κ2) is 11.9. The zero-order valence-corrected chi connectivity index (χ0v) is 18.7. The maximum Gasteiger partial charge on any atom is 0.159 e. The lowest BCUT2D eigenvalue weighted by Crippen LogP contribution is -2.25. The van der Waals surface area contributed by atoms with Gasteiger partial charge in [0, 0.05) is 12.0 Å². The number of ketones is 1. The highest BCUT2D eigenvalue weighted by molar-refractivity contribution is 5.90. The highest BCUT2D eigenvalue weighted by Crippen LogP contribution is 2.42. The fraction of sp³-hybridized carbons (Fsp3) is 0.552. The Bertz CT molecular complexity index is 757. The van der Waals surface area contributed by atoms with Crippen LogP contribution in [-0.4, -0.2) is 5.78 Å². The van der Waals surface area contributed by atoms with Crippen LogP contribution in [0.15, 0.2) is 49.1 Å². The second-order valence-electron chi connectivity index (χ2n) is 9.42. The minimum Gasteiger partial charge on any atom is -0.295 e. The number of rotatable bonds is 7. The van der Waals surface area contributed by atoms with E-state index in [1.807, 2.05) is 24.3 Å². The van der Waals surface area contributed by atoms with Crippen molar-refractivity contribution in [1.82, 2.24) is 0 Å². The van der Waals surface area contributed by atoms with Gasteiger partial charge in [-0.05, 0) is 92.0 Å². The third-order valence-corrected chi connectivity index (χ3v) is 7.30. The van der Waals surface area contributed by atoms with Gasteiger partial charge in [-0.25, -0.2) is 0 Å². The van der Waals surface area contributed by atoms with Crippen molar-refractivity contribution in [3.63, 3.8) is 0 Å². The highest BCUT2D eigenvalue weighted by Gasteiger charge is 2.29. The summed E-state index contributed by atoms with van der Waals surface area (Å²) in [5.74, 6) is 10.2. The molecule has 2 saturated carbocycles. The first-order chi connectivity index (χ1) is 14.7. The van der Waals surface area contributed by atoms with Crippen molar-refractivity contribution in [3.05, 3.63) is 60.2 Å². The lowest BCUT2D eigenvalue weighted by molar-refractivity contribution is -0.114. The van der Waals surface area contributed by atoms with E-state index in [9.17, 15) is 4.79 Å². The smallest absolute Gasteiger partial charge is 0.159 e. The third-order valence-electron chi connectivity index (χ3n) is 7.30. The molecule has 0 aliphatic heterocycles. The number of benzene rings is 1. The van der Waals surface area contributed by atoms with E-state index in [-0.39, 0.29) is 5.78 Å². The quantitative estimate of drug-likeness (QED) is 0.345. The Hall–Kier alpha value is -2.07. The predicted octanol–water partition coefficient (Wildman–Crippen LogP) is 7.30. The zero-order chi connectivity index (χ0) is 21.2. The van der Waals surface area contributed by atoms with Crippen molar-refractivity contribution in [2.75, 3.05) is 0 Å². The minimum atomic E-state index is 0.0515. The SMILES string of the molecule is C=CC(=O)Cc1ccc(C#CC=CC2CCC(C3CCC(CCC)CC3)CC2)cc1. The van der Waals surface area contributed by atoms with Gasteiger partial charge in [0.2, 0.25) is 0 Å². The molecule has 0 saturated heterocycles. The first kappa shape index (κ1) is 22.6. The normalized spacial score (nSPS) is 26.7. The number of carbonyl (C=O) groups excluding carboxylic acids is 1. The van der Waals surface area contributed by atoms with E-state index in [1.54, 1.807) is 0 Å². The van der Waals surface area contributed by atoms with Gasteiger partial charge in [-0.3, -0.25) is 4.79 Å². The van der Waals surface area contributed by atoms with Gasteiger partial charge in [0.05, 0.1) is 0 Å². The van der Waals surface area contributed by atoms with Gasteiger partial charge >= 0.3 is 0 Å². The number of allylic oxidation sites excluding steroid dienone is 3. The van der Waals surface area contributed by atoms with E-state index in [0.29, 0.717) is 12.3 Å². The van der Waals surface area contributed by atoms with Crippen LogP contribution in [0, 0.1) is 35.5 Å². The fourth-order valence-electron chi connectivity index (χ4n) is 5.45. The standard InChI is InChI=1S/C29H38O/c1-3-7-23-14-18-27(19-15-23)28-20-16-25(17-21-28)9-6-5-8-24-10-12-26(13-11-24)22-29(30)4-2/h4,6,9-13,23,25,27-28H,2-3,7,14-22H2,1H3. The first-order valence-corrected chi connectivity index (χ1v) is 12.1. The van der Waals surface area contributed by atoms with Crippen LogP contribution in [0.5, 0.6) is 0 Å². The average molecular weight is 403 g/mol. The van der Waals surface area contributed by atoms with E-state index < -0.39 is 0 Å². The lowest BCUT2D eigenvalue weighted by atomic mass is 9.69. The molecule has 0 unspecified atom stereocenters. The molecule has 1 aromatic rings. The second-order valence-corrected chi connectivity index (χ2v) is 9.42. The Kier molecular flexibility index (Phi) is 9.00. The Balaban J connectivity index is 1.39. The Morgan fingerprint density at radius 2 is 1.63 bits per heavy atom.